The van der Waals surface area contributed by atoms with E-state index in [9.17, 15) is 15.3 Å². The van der Waals surface area contributed by atoms with Gasteiger partial charge in [-0.3, -0.25) is 4.90 Å². The molecule has 2 saturated heterocycles. The van der Waals surface area contributed by atoms with Gasteiger partial charge in [0.25, 0.3) is 0 Å². The number of ether oxygens (including phenoxy) is 2. The van der Waals surface area contributed by atoms with Gasteiger partial charge in [-0.25, -0.2) is 0 Å². The molecule has 3 N–H and O–H groups in total. The first kappa shape index (κ1) is 18.6. The summed E-state index contributed by atoms with van der Waals surface area (Å²) in [6.45, 7) is 2.69. The third kappa shape index (κ3) is 5.15. The summed E-state index contributed by atoms with van der Waals surface area (Å²) in [7, 11) is 0. The van der Waals surface area contributed by atoms with Crippen molar-refractivity contribution in [3.63, 3.8) is 0 Å². The molecule has 2 aliphatic rings. The average molecular weight is 351 g/mol. The van der Waals surface area contributed by atoms with Crippen molar-refractivity contribution in [1.82, 2.24) is 4.90 Å². The van der Waals surface area contributed by atoms with Crippen LogP contribution in [0.5, 0.6) is 5.75 Å². The molecule has 0 radical (unpaired) electrons. The summed E-state index contributed by atoms with van der Waals surface area (Å²) < 4.78 is 11.3. The van der Waals surface area contributed by atoms with Gasteiger partial charge >= 0.3 is 0 Å². The highest BCUT2D eigenvalue weighted by Gasteiger charge is 2.32. The molecule has 0 aliphatic carbocycles. The third-order valence-electron chi connectivity index (χ3n) is 5.19. The van der Waals surface area contributed by atoms with E-state index in [-0.39, 0.29) is 18.8 Å². The van der Waals surface area contributed by atoms with Crippen LogP contribution in [0.15, 0.2) is 24.3 Å². The first-order valence-electron chi connectivity index (χ1n) is 9.20. The second-order valence-corrected chi connectivity index (χ2v) is 7.03. The first-order chi connectivity index (χ1) is 12.2. The van der Waals surface area contributed by atoms with Crippen molar-refractivity contribution in [2.45, 2.75) is 50.0 Å². The molecule has 1 unspecified atom stereocenters. The molecule has 25 heavy (non-hydrogen) atoms. The number of hydrogen-bond donors (Lipinski definition) is 3. The van der Waals surface area contributed by atoms with Gasteiger partial charge in [0.05, 0.1) is 32.0 Å². The van der Waals surface area contributed by atoms with Gasteiger partial charge < -0.3 is 24.8 Å². The van der Waals surface area contributed by atoms with E-state index in [1.807, 2.05) is 12.1 Å². The summed E-state index contributed by atoms with van der Waals surface area (Å²) in [5, 5.41) is 29.1. The molecule has 3 atom stereocenters. The Bertz CT molecular complexity index is 517. The van der Waals surface area contributed by atoms with Crippen LogP contribution in [-0.2, 0) is 11.2 Å². The van der Waals surface area contributed by atoms with Crippen LogP contribution in [0, 0.1) is 0 Å². The Morgan fingerprint density at radius 1 is 1.08 bits per heavy atom. The third-order valence-corrected chi connectivity index (χ3v) is 5.19. The number of aliphatic hydroxyl groups is 3. The molecule has 1 aromatic rings. The minimum Gasteiger partial charge on any atom is -0.490 e. The zero-order chi connectivity index (χ0) is 17.6. The van der Waals surface area contributed by atoms with Crippen molar-refractivity contribution in [2.24, 2.45) is 0 Å². The predicted molar refractivity (Wildman–Crippen MR) is 93.7 cm³/mol. The number of β-amino-alcohol motifs (C(OH)–C–C–N with tert-alkyl or cyclic N) is 1. The van der Waals surface area contributed by atoms with Gasteiger partial charge in [0.15, 0.2) is 0 Å². The van der Waals surface area contributed by atoms with Crippen LogP contribution in [0.25, 0.3) is 0 Å². The van der Waals surface area contributed by atoms with Crippen LogP contribution in [0.2, 0.25) is 0 Å². The van der Waals surface area contributed by atoms with Crippen LogP contribution >= 0.6 is 0 Å². The molecule has 0 aromatic heterocycles. The van der Waals surface area contributed by atoms with Gasteiger partial charge in [0, 0.05) is 32.0 Å². The van der Waals surface area contributed by atoms with Crippen molar-refractivity contribution in [1.29, 1.82) is 0 Å². The largest absolute Gasteiger partial charge is 0.490 e. The van der Waals surface area contributed by atoms with Gasteiger partial charge in [-0.15, -0.1) is 0 Å². The van der Waals surface area contributed by atoms with E-state index in [2.05, 4.69) is 17.0 Å². The highest BCUT2D eigenvalue weighted by molar-refractivity contribution is 5.27. The van der Waals surface area contributed by atoms with Gasteiger partial charge in [-0.2, -0.15) is 0 Å². The molecule has 0 amide bonds. The molecule has 2 aliphatic heterocycles. The second kappa shape index (κ2) is 8.96. The summed E-state index contributed by atoms with van der Waals surface area (Å²) in [6, 6.07) is 8.05. The SMILES string of the molecule is OC[C@H]1CC(O)[C@@H](O)CN1CCc1ccc(OC2CCOCC2)cc1. The monoisotopic (exact) mass is 351 g/mol. The zero-order valence-electron chi connectivity index (χ0n) is 14.6. The number of likely N-dealkylation sites (tertiary alicyclic amines) is 1. The molecular formula is C19H29NO5. The van der Waals surface area contributed by atoms with Crippen molar-refractivity contribution < 1.29 is 24.8 Å². The zero-order valence-corrected chi connectivity index (χ0v) is 14.6. The van der Waals surface area contributed by atoms with Crippen molar-refractivity contribution in [3.8, 4) is 5.75 Å². The molecule has 140 valence electrons. The lowest BCUT2D eigenvalue weighted by Gasteiger charge is -2.39. The molecule has 0 spiro atoms. The van der Waals surface area contributed by atoms with Crippen LogP contribution in [0.4, 0.5) is 0 Å². The molecular weight excluding hydrogens is 322 g/mol. The van der Waals surface area contributed by atoms with E-state index in [1.165, 1.54) is 5.56 Å². The summed E-state index contributed by atoms with van der Waals surface area (Å²) in [4.78, 5) is 2.06. The van der Waals surface area contributed by atoms with E-state index < -0.39 is 12.2 Å². The highest BCUT2D eigenvalue weighted by atomic mass is 16.5. The Hall–Kier alpha value is -1.18. The lowest BCUT2D eigenvalue weighted by Crippen LogP contribution is -2.54. The number of hydrogen-bond acceptors (Lipinski definition) is 6. The molecule has 2 heterocycles. The number of aliphatic hydroxyl groups excluding tert-OH is 3. The Kier molecular flexibility index (Phi) is 6.67. The van der Waals surface area contributed by atoms with E-state index in [1.54, 1.807) is 0 Å². The van der Waals surface area contributed by atoms with Gasteiger partial charge in [-0.1, -0.05) is 12.1 Å². The smallest absolute Gasteiger partial charge is 0.119 e. The van der Waals surface area contributed by atoms with Crippen molar-refractivity contribution >= 4 is 0 Å². The number of piperidine rings is 1. The Morgan fingerprint density at radius 2 is 1.80 bits per heavy atom. The normalized spacial score (nSPS) is 28.8. The van der Waals surface area contributed by atoms with E-state index >= 15 is 0 Å². The van der Waals surface area contributed by atoms with Crippen LogP contribution in [-0.4, -0.2) is 77.5 Å². The molecule has 6 heteroatoms. The van der Waals surface area contributed by atoms with Crippen LogP contribution in [0.3, 0.4) is 0 Å². The van der Waals surface area contributed by atoms with Gasteiger partial charge in [0.2, 0.25) is 0 Å². The minimum atomic E-state index is -0.741. The summed E-state index contributed by atoms with van der Waals surface area (Å²) >= 11 is 0. The van der Waals surface area contributed by atoms with Gasteiger partial charge in [0.1, 0.15) is 11.9 Å². The highest BCUT2D eigenvalue weighted by Crippen LogP contribution is 2.21. The fourth-order valence-electron chi connectivity index (χ4n) is 3.55. The maximum absolute atomic E-state index is 9.85. The second-order valence-electron chi connectivity index (χ2n) is 7.03. The van der Waals surface area contributed by atoms with Crippen LogP contribution < -0.4 is 4.74 Å². The fraction of sp³-hybridized carbons (Fsp3) is 0.684. The number of rotatable bonds is 6. The molecule has 0 bridgehead atoms. The van der Waals surface area contributed by atoms with E-state index in [0.717, 1.165) is 44.8 Å². The maximum atomic E-state index is 9.85. The Labute approximate surface area is 149 Å². The Morgan fingerprint density at radius 3 is 2.48 bits per heavy atom. The minimum absolute atomic E-state index is 0.00165. The maximum Gasteiger partial charge on any atom is 0.119 e. The summed E-state index contributed by atoms with van der Waals surface area (Å²) in [5.74, 6) is 0.889. The number of benzene rings is 1. The molecule has 3 rings (SSSR count). The summed E-state index contributed by atoms with van der Waals surface area (Å²) in [6.07, 6.45) is 1.88. The van der Waals surface area contributed by atoms with Crippen molar-refractivity contribution in [2.75, 3.05) is 32.9 Å². The molecule has 2 fully saturated rings. The van der Waals surface area contributed by atoms with Gasteiger partial charge in [-0.05, 0) is 30.5 Å². The average Bonchev–Trinajstić information content (AvgIpc) is 2.64. The van der Waals surface area contributed by atoms with Crippen molar-refractivity contribution in [3.05, 3.63) is 29.8 Å². The van der Waals surface area contributed by atoms with E-state index in [0.29, 0.717) is 13.0 Å². The molecule has 6 nitrogen and oxygen atoms in total. The molecule has 0 saturated carbocycles. The lowest BCUT2D eigenvalue weighted by molar-refractivity contribution is -0.0703. The first-order valence-corrected chi connectivity index (χ1v) is 9.20. The lowest BCUT2D eigenvalue weighted by atomic mass is 9.97. The number of nitrogens with zero attached hydrogens (tertiary/aromatic N) is 1. The topological polar surface area (TPSA) is 82.4 Å². The molecule has 1 aromatic carbocycles. The fourth-order valence-corrected chi connectivity index (χ4v) is 3.55. The van der Waals surface area contributed by atoms with Crippen LogP contribution in [0.1, 0.15) is 24.8 Å². The predicted octanol–water partition coefficient (Wildman–Crippen LogP) is 0.575. The standard InChI is InChI=1S/C19H29NO5/c21-13-15-11-18(22)19(23)12-20(15)8-5-14-1-3-16(4-2-14)25-17-6-9-24-10-7-17/h1-4,15,17-19,21-23H,5-13H2/t15-,18?,19+/m1/s1. The summed E-state index contributed by atoms with van der Waals surface area (Å²) in [5.41, 5.74) is 1.19. The Balaban J connectivity index is 1.49. The quantitative estimate of drug-likeness (QED) is 0.695. The van der Waals surface area contributed by atoms with E-state index in [4.69, 9.17) is 9.47 Å².